The Morgan fingerprint density at radius 2 is 1.15 bits per heavy atom. The maximum absolute atomic E-state index is 10.8. The summed E-state index contributed by atoms with van der Waals surface area (Å²) < 4.78 is 0. The van der Waals surface area contributed by atoms with Crippen molar-refractivity contribution < 1.29 is 29.1 Å². The molecule has 0 aromatic rings. The first kappa shape index (κ1) is 21.2. The lowest BCUT2D eigenvalue weighted by atomic mass is 10.2. The molecule has 0 fully saturated rings. The first-order chi connectivity index (χ1) is 8.74. The van der Waals surface area contributed by atoms with Crippen LogP contribution in [0.3, 0.4) is 0 Å². The second kappa shape index (κ2) is 8.92. The average Bonchev–Trinajstić information content (AvgIpc) is 2.22. The normalized spacial score (nSPS) is 11.5. The van der Waals surface area contributed by atoms with E-state index in [4.69, 9.17) is 4.89 Å². The van der Waals surface area contributed by atoms with Crippen LogP contribution in [0.2, 0.25) is 0 Å². The van der Waals surface area contributed by atoms with Gasteiger partial charge in [0.05, 0.1) is 5.92 Å². The van der Waals surface area contributed by atoms with Gasteiger partial charge in [0.1, 0.15) is 11.2 Å². The summed E-state index contributed by atoms with van der Waals surface area (Å²) in [5.74, 6) is -0.901. The fraction of sp³-hybridized carbons (Fsp3) is 0.857. The number of hydrogen-bond acceptors (Lipinski definition) is 6. The summed E-state index contributed by atoms with van der Waals surface area (Å²) in [6.07, 6.45) is 0. The molecule has 0 aliphatic carbocycles. The summed E-state index contributed by atoms with van der Waals surface area (Å²) in [5, 5.41) is 0. The zero-order valence-electron chi connectivity index (χ0n) is 14.0. The Kier molecular flexibility index (Phi) is 9.44. The summed E-state index contributed by atoms with van der Waals surface area (Å²) >= 11 is 0. The summed E-state index contributed by atoms with van der Waals surface area (Å²) in [6, 6.07) is 0. The zero-order valence-corrected chi connectivity index (χ0v) is 14.0. The van der Waals surface area contributed by atoms with E-state index >= 15 is 0 Å². The van der Waals surface area contributed by atoms with Gasteiger partial charge in [0.2, 0.25) is 0 Å². The average molecular weight is 292 g/mol. The summed E-state index contributed by atoms with van der Waals surface area (Å²) in [5.41, 5.74) is -0.837. The quantitative estimate of drug-likeness (QED) is 0.587. The molecule has 0 saturated carbocycles. The van der Waals surface area contributed by atoms with Gasteiger partial charge in [-0.05, 0) is 41.5 Å². The van der Waals surface area contributed by atoms with Crippen molar-refractivity contribution in [1.82, 2.24) is 0 Å². The predicted molar refractivity (Wildman–Crippen MR) is 74.4 cm³/mol. The number of carbonyl (C=O) groups is 2. The highest BCUT2D eigenvalue weighted by atomic mass is 17.2. The highest BCUT2D eigenvalue weighted by Gasteiger charge is 2.16. The minimum atomic E-state index is -0.426. The highest BCUT2D eigenvalue weighted by molar-refractivity contribution is 5.70. The third-order valence-electron chi connectivity index (χ3n) is 1.25. The second-order valence-electron chi connectivity index (χ2n) is 6.52. The van der Waals surface area contributed by atoms with Gasteiger partial charge in [-0.3, -0.25) is 9.78 Å². The van der Waals surface area contributed by atoms with Gasteiger partial charge in [-0.1, -0.05) is 13.8 Å². The molecule has 0 aliphatic rings. The van der Waals surface area contributed by atoms with Gasteiger partial charge in [-0.2, -0.15) is 9.78 Å². The number of carbonyl (C=O) groups excluding carboxylic acids is 2. The molecular formula is C14H28O6. The lowest BCUT2D eigenvalue weighted by molar-refractivity contribution is -0.322. The van der Waals surface area contributed by atoms with Crippen LogP contribution in [0, 0.1) is 5.92 Å². The Morgan fingerprint density at radius 1 is 0.800 bits per heavy atom. The van der Waals surface area contributed by atoms with Gasteiger partial charge in [-0.25, -0.2) is 9.59 Å². The molecule has 0 aromatic heterocycles. The molecule has 0 N–H and O–H groups in total. The van der Waals surface area contributed by atoms with Crippen molar-refractivity contribution in [1.29, 1.82) is 0 Å². The van der Waals surface area contributed by atoms with Gasteiger partial charge in [0, 0.05) is 6.92 Å². The molecule has 0 saturated heterocycles. The van der Waals surface area contributed by atoms with Crippen LogP contribution in [0.5, 0.6) is 0 Å². The molecule has 0 bridgehead atoms. The van der Waals surface area contributed by atoms with Crippen molar-refractivity contribution in [3.05, 3.63) is 0 Å². The van der Waals surface area contributed by atoms with Crippen LogP contribution >= 0.6 is 0 Å². The van der Waals surface area contributed by atoms with Gasteiger partial charge in [0.15, 0.2) is 0 Å². The van der Waals surface area contributed by atoms with Crippen molar-refractivity contribution in [3.8, 4) is 0 Å². The van der Waals surface area contributed by atoms with E-state index in [1.54, 1.807) is 34.6 Å². The lowest BCUT2D eigenvalue weighted by Gasteiger charge is -2.17. The Balaban J connectivity index is 0. The number of hydrogen-bond donors (Lipinski definition) is 0. The van der Waals surface area contributed by atoms with Crippen molar-refractivity contribution in [2.75, 3.05) is 0 Å². The van der Waals surface area contributed by atoms with Gasteiger partial charge in [0.25, 0.3) is 0 Å². The highest BCUT2D eigenvalue weighted by Crippen LogP contribution is 2.09. The predicted octanol–water partition coefficient (Wildman–Crippen LogP) is 3.20. The number of rotatable bonds is 3. The smallest absolute Gasteiger partial charge is 0.298 e. The van der Waals surface area contributed by atoms with Crippen LogP contribution in [0.15, 0.2) is 0 Å². The zero-order chi connectivity index (χ0) is 16.6. The standard InChI is InChI=1S/C8H16O3.C6H12O3/c1-6(2)7(9)10-11-8(3,4)5;1-5(7)8-9-6(2,3)4/h6H,1-5H3;1-4H3. The summed E-state index contributed by atoms with van der Waals surface area (Å²) in [7, 11) is 0. The van der Waals surface area contributed by atoms with E-state index in [-0.39, 0.29) is 11.9 Å². The van der Waals surface area contributed by atoms with Crippen LogP contribution in [0.4, 0.5) is 0 Å². The molecule has 120 valence electrons. The molecule has 0 amide bonds. The molecule has 0 spiro atoms. The third kappa shape index (κ3) is 19.2. The van der Waals surface area contributed by atoms with E-state index < -0.39 is 17.2 Å². The molecule has 0 rings (SSSR count). The summed E-state index contributed by atoms with van der Waals surface area (Å²) in [6.45, 7) is 15.7. The Hall–Kier alpha value is -1.14. The monoisotopic (exact) mass is 292 g/mol. The van der Waals surface area contributed by atoms with Gasteiger partial charge in [-0.15, -0.1) is 0 Å². The molecule has 0 aromatic carbocycles. The SMILES string of the molecule is CC(=O)OOC(C)(C)C.CC(C)C(=O)OOC(C)(C)C. The molecular weight excluding hydrogens is 264 g/mol. The van der Waals surface area contributed by atoms with E-state index in [1.165, 1.54) is 6.92 Å². The lowest BCUT2D eigenvalue weighted by Crippen LogP contribution is -2.23. The van der Waals surface area contributed by atoms with Crippen molar-refractivity contribution in [2.45, 2.75) is 73.5 Å². The van der Waals surface area contributed by atoms with Crippen LogP contribution in [-0.4, -0.2) is 23.1 Å². The minimum absolute atomic E-state index is 0.141. The molecule has 0 heterocycles. The maximum atomic E-state index is 10.8. The second-order valence-corrected chi connectivity index (χ2v) is 6.52. The van der Waals surface area contributed by atoms with Gasteiger partial charge >= 0.3 is 11.9 Å². The van der Waals surface area contributed by atoms with E-state index in [1.807, 2.05) is 20.8 Å². The molecule has 0 aliphatic heterocycles. The fourth-order valence-electron chi connectivity index (χ4n) is 0.446. The van der Waals surface area contributed by atoms with Crippen molar-refractivity contribution in [2.24, 2.45) is 5.92 Å². The molecule has 0 radical (unpaired) electrons. The fourth-order valence-corrected chi connectivity index (χ4v) is 0.446. The van der Waals surface area contributed by atoms with Crippen LogP contribution < -0.4 is 0 Å². The van der Waals surface area contributed by atoms with Crippen molar-refractivity contribution in [3.63, 3.8) is 0 Å². The topological polar surface area (TPSA) is 71.1 Å². The Labute approximate surface area is 121 Å². The van der Waals surface area contributed by atoms with Crippen LogP contribution in [0.1, 0.15) is 62.3 Å². The largest absolute Gasteiger partial charge is 0.344 e. The molecule has 0 unspecified atom stereocenters. The molecule has 0 atom stereocenters. The van der Waals surface area contributed by atoms with E-state index in [2.05, 4.69) is 14.7 Å². The van der Waals surface area contributed by atoms with E-state index in [0.717, 1.165) is 0 Å². The first-order valence-electron chi connectivity index (χ1n) is 6.50. The van der Waals surface area contributed by atoms with E-state index in [9.17, 15) is 9.59 Å². The first-order valence-corrected chi connectivity index (χ1v) is 6.50. The van der Waals surface area contributed by atoms with Crippen LogP contribution in [-0.2, 0) is 29.1 Å². The van der Waals surface area contributed by atoms with Crippen LogP contribution in [0.25, 0.3) is 0 Å². The third-order valence-corrected chi connectivity index (χ3v) is 1.25. The van der Waals surface area contributed by atoms with Gasteiger partial charge < -0.3 is 0 Å². The maximum Gasteiger partial charge on any atom is 0.344 e. The summed E-state index contributed by atoms with van der Waals surface area (Å²) in [4.78, 5) is 39.2. The van der Waals surface area contributed by atoms with E-state index in [0.29, 0.717) is 0 Å². The van der Waals surface area contributed by atoms with Crippen molar-refractivity contribution >= 4 is 11.9 Å². The molecule has 20 heavy (non-hydrogen) atoms. The Bertz CT molecular complexity index is 296. The minimum Gasteiger partial charge on any atom is -0.298 e. The Morgan fingerprint density at radius 3 is 1.35 bits per heavy atom. The molecule has 6 heteroatoms. The molecule has 6 nitrogen and oxygen atoms in total.